The minimum atomic E-state index is 0.0561. The monoisotopic (exact) mass is 280 g/mol. The molecule has 0 aliphatic heterocycles. The van der Waals surface area contributed by atoms with Crippen LogP contribution in [0.3, 0.4) is 0 Å². The molecule has 1 aliphatic carbocycles. The van der Waals surface area contributed by atoms with E-state index in [4.69, 9.17) is 5.73 Å². The molecule has 4 heteroatoms. The number of benzene rings is 1. The fourth-order valence-electron chi connectivity index (χ4n) is 3.51. The summed E-state index contributed by atoms with van der Waals surface area (Å²) in [7, 11) is 2.03. The number of pyridine rings is 1. The Morgan fingerprint density at radius 1 is 1.33 bits per heavy atom. The molecular formula is C17H18N3O+. The number of carbonyl (C=O) groups is 1. The topological polar surface area (TPSA) is 62.2 Å². The number of nitrogens with two attached hydrogens (primary N) is 1. The maximum absolute atomic E-state index is 12.5. The van der Waals surface area contributed by atoms with Crippen molar-refractivity contribution in [3.63, 3.8) is 0 Å². The minimum absolute atomic E-state index is 0.0561. The number of anilines is 1. The molecule has 106 valence electrons. The number of aromatic amines is 1. The van der Waals surface area contributed by atoms with Crippen molar-refractivity contribution < 1.29 is 9.78 Å². The summed E-state index contributed by atoms with van der Waals surface area (Å²) in [6.45, 7) is 1.98. The van der Waals surface area contributed by atoms with Crippen LogP contribution in [0.1, 0.15) is 29.4 Å². The molecule has 4 rings (SSSR count). The predicted molar refractivity (Wildman–Crippen MR) is 83.2 cm³/mol. The van der Waals surface area contributed by atoms with Crippen molar-refractivity contribution in [2.75, 3.05) is 5.73 Å². The molecule has 1 aromatic carbocycles. The van der Waals surface area contributed by atoms with Gasteiger partial charge in [0.25, 0.3) is 5.65 Å². The lowest BCUT2D eigenvalue weighted by Crippen LogP contribution is -2.29. The first-order valence-electron chi connectivity index (χ1n) is 7.34. The van der Waals surface area contributed by atoms with E-state index >= 15 is 0 Å². The summed E-state index contributed by atoms with van der Waals surface area (Å²) in [5.41, 5.74) is 10.9. The molecular weight excluding hydrogens is 262 g/mol. The first-order chi connectivity index (χ1) is 10.1. The number of aromatic nitrogens is 2. The Bertz CT molecular complexity index is 907. The average molecular weight is 280 g/mol. The van der Waals surface area contributed by atoms with E-state index in [0.717, 1.165) is 40.5 Å². The van der Waals surface area contributed by atoms with Gasteiger partial charge in [0.15, 0.2) is 5.78 Å². The third kappa shape index (κ3) is 1.50. The molecule has 3 aromatic rings. The molecule has 0 saturated carbocycles. The summed E-state index contributed by atoms with van der Waals surface area (Å²) in [6.07, 6.45) is 1.77. The fourth-order valence-corrected chi connectivity index (χ4v) is 3.51. The van der Waals surface area contributed by atoms with Gasteiger partial charge in [0, 0.05) is 17.7 Å². The van der Waals surface area contributed by atoms with Crippen LogP contribution in [0.15, 0.2) is 24.3 Å². The van der Waals surface area contributed by atoms with E-state index in [1.165, 1.54) is 0 Å². The lowest BCUT2D eigenvalue weighted by molar-refractivity contribution is -0.362. The van der Waals surface area contributed by atoms with Crippen molar-refractivity contribution in [3.8, 4) is 0 Å². The molecule has 0 saturated heterocycles. The second-order valence-corrected chi connectivity index (χ2v) is 6.00. The van der Waals surface area contributed by atoms with E-state index in [1.54, 1.807) is 0 Å². The largest absolute Gasteiger partial charge is 0.397 e. The van der Waals surface area contributed by atoms with Gasteiger partial charge in [-0.3, -0.25) is 4.79 Å². The number of hydrogen-bond acceptors (Lipinski definition) is 2. The van der Waals surface area contributed by atoms with Gasteiger partial charge < -0.3 is 5.73 Å². The maximum atomic E-state index is 12.5. The number of hydrogen-bond donors (Lipinski definition) is 1. The Balaban J connectivity index is 2.20. The molecule has 1 aliphatic rings. The van der Waals surface area contributed by atoms with Gasteiger partial charge in [-0.05, 0) is 18.6 Å². The number of carbonyl (C=O) groups excluding carboxylic acids is 1. The molecule has 2 aromatic heterocycles. The van der Waals surface area contributed by atoms with Crippen LogP contribution in [0.2, 0.25) is 0 Å². The maximum Gasteiger partial charge on any atom is 0.289 e. The SMILES string of the molecule is CC1CCc2[nH+]c3c(c(N)c2C1=O)c1ccccc1n3C. The van der Waals surface area contributed by atoms with Crippen LogP contribution in [0.5, 0.6) is 0 Å². The van der Waals surface area contributed by atoms with Crippen molar-refractivity contribution >= 4 is 33.4 Å². The number of para-hydroxylation sites is 1. The van der Waals surface area contributed by atoms with Crippen molar-refractivity contribution in [2.45, 2.75) is 19.8 Å². The van der Waals surface area contributed by atoms with Crippen LogP contribution < -0.4 is 10.7 Å². The molecule has 3 N–H and O–H groups in total. The number of rotatable bonds is 0. The van der Waals surface area contributed by atoms with Gasteiger partial charge in [0.2, 0.25) is 0 Å². The lowest BCUT2D eigenvalue weighted by atomic mass is 9.85. The predicted octanol–water partition coefficient (Wildman–Crippen LogP) is 2.49. The van der Waals surface area contributed by atoms with Crippen molar-refractivity contribution in [1.29, 1.82) is 0 Å². The van der Waals surface area contributed by atoms with Crippen LogP contribution in [0.4, 0.5) is 5.69 Å². The van der Waals surface area contributed by atoms with E-state index in [-0.39, 0.29) is 11.7 Å². The highest BCUT2D eigenvalue weighted by Gasteiger charge is 2.32. The van der Waals surface area contributed by atoms with Crippen molar-refractivity contribution in [3.05, 3.63) is 35.5 Å². The number of nitrogens with zero attached hydrogens (tertiary/aromatic N) is 1. The Morgan fingerprint density at radius 3 is 2.90 bits per heavy atom. The van der Waals surface area contributed by atoms with Gasteiger partial charge in [0.05, 0.1) is 23.7 Å². The summed E-state index contributed by atoms with van der Waals surface area (Å²) in [5, 5.41) is 2.06. The molecule has 0 spiro atoms. The number of aryl methyl sites for hydroxylation is 2. The molecule has 1 unspecified atom stereocenters. The summed E-state index contributed by atoms with van der Waals surface area (Å²) in [6, 6.07) is 8.16. The smallest absolute Gasteiger partial charge is 0.289 e. The first-order valence-corrected chi connectivity index (χ1v) is 7.34. The van der Waals surface area contributed by atoms with E-state index in [9.17, 15) is 4.79 Å². The van der Waals surface area contributed by atoms with Crippen LogP contribution in [-0.4, -0.2) is 10.4 Å². The highest BCUT2D eigenvalue weighted by molar-refractivity contribution is 6.17. The van der Waals surface area contributed by atoms with Crippen LogP contribution in [-0.2, 0) is 13.5 Å². The number of ketones is 1. The quantitative estimate of drug-likeness (QED) is 0.687. The zero-order valence-corrected chi connectivity index (χ0v) is 12.2. The molecule has 0 radical (unpaired) electrons. The summed E-state index contributed by atoms with van der Waals surface area (Å²) < 4.78 is 2.11. The number of fused-ring (bicyclic) bond motifs is 4. The van der Waals surface area contributed by atoms with Gasteiger partial charge in [-0.25, -0.2) is 9.55 Å². The summed E-state index contributed by atoms with van der Waals surface area (Å²) >= 11 is 0. The number of nitrogen functional groups attached to an aromatic ring is 1. The molecule has 0 fully saturated rings. The van der Waals surface area contributed by atoms with E-state index < -0.39 is 0 Å². The molecule has 0 amide bonds. The average Bonchev–Trinajstić information content (AvgIpc) is 2.77. The highest BCUT2D eigenvalue weighted by Crippen LogP contribution is 2.36. The minimum Gasteiger partial charge on any atom is -0.397 e. The number of Topliss-reactive ketones (excluding diaryl/α,β-unsaturated/α-hetero) is 1. The molecule has 1 atom stereocenters. The molecule has 4 nitrogen and oxygen atoms in total. The van der Waals surface area contributed by atoms with E-state index in [1.807, 2.05) is 26.1 Å². The summed E-state index contributed by atoms with van der Waals surface area (Å²) in [4.78, 5) is 16.0. The van der Waals surface area contributed by atoms with Gasteiger partial charge in [-0.1, -0.05) is 19.1 Å². The van der Waals surface area contributed by atoms with Crippen LogP contribution >= 0.6 is 0 Å². The fraction of sp³-hybridized carbons (Fsp3) is 0.294. The highest BCUT2D eigenvalue weighted by atomic mass is 16.1. The molecule has 21 heavy (non-hydrogen) atoms. The Labute approximate surface area is 122 Å². The van der Waals surface area contributed by atoms with Gasteiger partial charge in [0.1, 0.15) is 11.2 Å². The normalized spacial score (nSPS) is 18.4. The molecule has 2 heterocycles. The summed E-state index contributed by atoms with van der Waals surface area (Å²) in [5.74, 6) is 0.223. The van der Waals surface area contributed by atoms with E-state index in [0.29, 0.717) is 11.3 Å². The lowest BCUT2D eigenvalue weighted by Gasteiger charge is -2.19. The van der Waals surface area contributed by atoms with Gasteiger partial charge in [-0.15, -0.1) is 0 Å². The number of nitrogens with one attached hydrogen (secondary N) is 1. The van der Waals surface area contributed by atoms with Gasteiger partial charge >= 0.3 is 0 Å². The Kier molecular flexibility index (Phi) is 2.40. The third-order valence-corrected chi connectivity index (χ3v) is 4.74. The molecule has 0 bridgehead atoms. The van der Waals surface area contributed by atoms with Gasteiger partial charge in [-0.2, -0.15) is 0 Å². The van der Waals surface area contributed by atoms with Crippen molar-refractivity contribution in [2.24, 2.45) is 13.0 Å². The standard InChI is InChI=1S/C17H17N3O/c1-9-7-8-11-14(16(9)21)15(18)13-10-5-3-4-6-12(10)20(2)17(13)19-11/h3-6,9H,7-8H2,1-2H3,(H2,18,19)/p+1. The van der Waals surface area contributed by atoms with E-state index in [2.05, 4.69) is 21.7 Å². The van der Waals surface area contributed by atoms with Crippen LogP contribution in [0, 0.1) is 5.92 Å². The third-order valence-electron chi connectivity index (χ3n) is 4.74. The number of H-pyrrole nitrogens is 1. The second-order valence-electron chi connectivity index (χ2n) is 6.00. The van der Waals surface area contributed by atoms with Crippen LogP contribution in [0.25, 0.3) is 21.9 Å². The van der Waals surface area contributed by atoms with Crippen molar-refractivity contribution in [1.82, 2.24) is 4.57 Å². The second kappa shape index (κ2) is 4.07. The zero-order valence-electron chi connectivity index (χ0n) is 12.2. The first kappa shape index (κ1) is 12.4. The zero-order chi connectivity index (χ0) is 14.7. The Morgan fingerprint density at radius 2 is 2.10 bits per heavy atom. The Hall–Kier alpha value is -2.36.